The number of ether oxygens (including phenoxy) is 1. The molecule has 1 aliphatic rings. The molecule has 2 heterocycles. The number of pyridine rings is 1. The Kier molecular flexibility index (Phi) is 4.43. The van der Waals surface area contributed by atoms with E-state index in [1.165, 1.54) is 0 Å². The van der Waals surface area contributed by atoms with Crippen molar-refractivity contribution < 1.29 is 14.6 Å². The van der Waals surface area contributed by atoms with Gasteiger partial charge in [0, 0.05) is 25.7 Å². The molecule has 1 saturated heterocycles. The third-order valence-electron chi connectivity index (χ3n) is 3.82. The molecule has 0 saturated carbocycles. The van der Waals surface area contributed by atoms with E-state index in [0.29, 0.717) is 37.7 Å². The molecule has 0 bridgehead atoms. The second kappa shape index (κ2) is 6.66. The number of benzene rings is 1. The zero-order chi connectivity index (χ0) is 16.2. The summed E-state index contributed by atoms with van der Waals surface area (Å²) in [5, 5.41) is 12.1. The number of carbonyl (C=O) groups is 1. The highest BCUT2D eigenvalue weighted by atomic mass is 16.5. The minimum Gasteiger partial charge on any atom is -0.508 e. The van der Waals surface area contributed by atoms with Gasteiger partial charge in [-0.2, -0.15) is 0 Å². The molecule has 1 fully saturated rings. The van der Waals surface area contributed by atoms with E-state index in [4.69, 9.17) is 9.72 Å². The maximum atomic E-state index is 12.1. The predicted molar refractivity (Wildman–Crippen MR) is 87.8 cm³/mol. The number of nitrogens with one attached hydrogen (secondary N) is 1. The van der Waals surface area contributed by atoms with Gasteiger partial charge in [-0.15, -0.1) is 0 Å². The van der Waals surface area contributed by atoms with E-state index in [1.807, 2.05) is 6.07 Å². The first-order valence-electron chi connectivity index (χ1n) is 7.54. The first-order chi connectivity index (χ1) is 11.2. The van der Waals surface area contributed by atoms with Crippen LogP contribution in [0.25, 0.3) is 11.3 Å². The Hall–Kier alpha value is -2.60. The Labute approximate surface area is 134 Å². The van der Waals surface area contributed by atoms with Crippen LogP contribution in [-0.4, -0.2) is 49.3 Å². The molecular formula is C17H19N3O3. The lowest BCUT2D eigenvalue weighted by Crippen LogP contribution is -2.38. The van der Waals surface area contributed by atoms with E-state index in [-0.39, 0.29) is 11.7 Å². The van der Waals surface area contributed by atoms with Crippen molar-refractivity contribution in [2.45, 2.75) is 0 Å². The van der Waals surface area contributed by atoms with Crippen LogP contribution in [0, 0.1) is 0 Å². The van der Waals surface area contributed by atoms with Gasteiger partial charge in [-0.3, -0.25) is 4.79 Å². The van der Waals surface area contributed by atoms with Crippen LogP contribution in [-0.2, 0) is 4.74 Å². The van der Waals surface area contributed by atoms with E-state index in [2.05, 4.69) is 10.2 Å². The second-order valence-electron chi connectivity index (χ2n) is 5.29. The van der Waals surface area contributed by atoms with Crippen LogP contribution >= 0.6 is 0 Å². The van der Waals surface area contributed by atoms with Gasteiger partial charge in [0.05, 0.1) is 24.5 Å². The van der Waals surface area contributed by atoms with Gasteiger partial charge in [0.1, 0.15) is 11.6 Å². The molecule has 0 unspecified atom stereocenters. The number of anilines is 1. The molecule has 6 heteroatoms. The summed E-state index contributed by atoms with van der Waals surface area (Å²) in [5.74, 6) is 0.721. The molecule has 1 amide bonds. The Balaban J connectivity index is 2.03. The van der Waals surface area contributed by atoms with Crippen molar-refractivity contribution in [2.24, 2.45) is 0 Å². The lowest BCUT2D eigenvalue weighted by atomic mass is 10.1. The average Bonchev–Trinajstić information content (AvgIpc) is 2.62. The number of nitrogens with zero attached hydrogens (tertiary/aromatic N) is 2. The van der Waals surface area contributed by atoms with Gasteiger partial charge in [-0.25, -0.2) is 4.98 Å². The molecule has 0 atom stereocenters. The highest BCUT2D eigenvalue weighted by Crippen LogP contribution is 2.26. The smallest absolute Gasteiger partial charge is 0.254 e. The van der Waals surface area contributed by atoms with Crippen LogP contribution in [0.15, 0.2) is 36.4 Å². The van der Waals surface area contributed by atoms with E-state index in [1.54, 1.807) is 37.4 Å². The third kappa shape index (κ3) is 3.27. The summed E-state index contributed by atoms with van der Waals surface area (Å²) < 4.78 is 5.38. The monoisotopic (exact) mass is 313 g/mol. The molecule has 2 aromatic rings. The minimum atomic E-state index is -0.156. The van der Waals surface area contributed by atoms with Crippen molar-refractivity contribution in [2.75, 3.05) is 38.3 Å². The lowest BCUT2D eigenvalue weighted by molar-refractivity contribution is 0.0961. The molecule has 3 rings (SSSR count). The first kappa shape index (κ1) is 15.3. The van der Waals surface area contributed by atoms with E-state index in [0.717, 1.165) is 11.3 Å². The summed E-state index contributed by atoms with van der Waals surface area (Å²) >= 11 is 0. The van der Waals surface area contributed by atoms with Gasteiger partial charge in [-0.05, 0) is 36.4 Å². The van der Waals surface area contributed by atoms with Crippen molar-refractivity contribution in [3.63, 3.8) is 0 Å². The maximum Gasteiger partial charge on any atom is 0.254 e. The normalized spacial score (nSPS) is 14.6. The number of hydrogen-bond acceptors (Lipinski definition) is 5. The Morgan fingerprint density at radius 3 is 2.52 bits per heavy atom. The summed E-state index contributed by atoms with van der Waals surface area (Å²) in [5.41, 5.74) is 2.21. The van der Waals surface area contributed by atoms with E-state index >= 15 is 0 Å². The minimum absolute atomic E-state index is 0.156. The van der Waals surface area contributed by atoms with Gasteiger partial charge in [0.15, 0.2) is 0 Å². The van der Waals surface area contributed by atoms with Crippen molar-refractivity contribution >= 4 is 11.7 Å². The second-order valence-corrected chi connectivity index (χ2v) is 5.29. The number of phenols is 1. The molecule has 23 heavy (non-hydrogen) atoms. The summed E-state index contributed by atoms with van der Waals surface area (Å²) in [6, 6.07) is 10.5. The van der Waals surface area contributed by atoms with Crippen LogP contribution in [0.4, 0.5) is 5.82 Å². The standard InChI is InChI=1S/C17H19N3O3/c1-18-17(22)14-6-7-15(12-2-4-13(21)5-3-12)19-16(14)20-8-10-23-11-9-20/h2-7,21H,8-11H2,1H3,(H,18,22). The molecule has 1 aromatic heterocycles. The molecule has 120 valence electrons. The number of phenolic OH excluding ortho intramolecular Hbond substituents is 1. The van der Waals surface area contributed by atoms with Crippen molar-refractivity contribution in [1.29, 1.82) is 0 Å². The van der Waals surface area contributed by atoms with Crippen LogP contribution in [0.1, 0.15) is 10.4 Å². The molecule has 0 radical (unpaired) electrons. The average molecular weight is 313 g/mol. The van der Waals surface area contributed by atoms with Crippen LogP contribution in [0.2, 0.25) is 0 Å². The van der Waals surface area contributed by atoms with Gasteiger partial charge >= 0.3 is 0 Å². The number of amides is 1. The fourth-order valence-corrected chi connectivity index (χ4v) is 2.57. The zero-order valence-corrected chi connectivity index (χ0v) is 13.0. The predicted octanol–water partition coefficient (Wildman–Crippen LogP) is 1.65. The van der Waals surface area contributed by atoms with Crippen molar-refractivity contribution in [3.8, 4) is 17.0 Å². The molecule has 1 aliphatic heterocycles. The molecule has 2 N–H and O–H groups in total. The van der Waals surface area contributed by atoms with Crippen molar-refractivity contribution in [1.82, 2.24) is 10.3 Å². The number of hydrogen-bond donors (Lipinski definition) is 2. The van der Waals surface area contributed by atoms with E-state index < -0.39 is 0 Å². The summed E-state index contributed by atoms with van der Waals surface area (Å²) in [6.07, 6.45) is 0. The number of rotatable bonds is 3. The van der Waals surface area contributed by atoms with Gasteiger partial charge < -0.3 is 20.1 Å². The molecule has 0 aliphatic carbocycles. The summed E-state index contributed by atoms with van der Waals surface area (Å²) in [4.78, 5) is 18.9. The van der Waals surface area contributed by atoms with Gasteiger partial charge in [-0.1, -0.05) is 0 Å². The SMILES string of the molecule is CNC(=O)c1ccc(-c2ccc(O)cc2)nc1N1CCOCC1. The number of aromatic hydroxyl groups is 1. The number of morpholine rings is 1. The zero-order valence-electron chi connectivity index (χ0n) is 13.0. The maximum absolute atomic E-state index is 12.1. The number of aromatic nitrogens is 1. The van der Waals surface area contributed by atoms with Gasteiger partial charge in [0.25, 0.3) is 5.91 Å². The molecule has 6 nitrogen and oxygen atoms in total. The summed E-state index contributed by atoms with van der Waals surface area (Å²) in [6.45, 7) is 2.66. The number of carbonyl (C=O) groups excluding carboxylic acids is 1. The fourth-order valence-electron chi connectivity index (χ4n) is 2.57. The topological polar surface area (TPSA) is 74.7 Å². The van der Waals surface area contributed by atoms with Crippen LogP contribution < -0.4 is 10.2 Å². The molecule has 0 spiro atoms. The summed E-state index contributed by atoms with van der Waals surface area (Å²) in [7, 11) is 1.61. The van der Waals surface area contributed by atoms with Crippen LogP contribution in [0.5, 0.6) is 5.75 Å². The molecular weight excluding hydrogens is 294 g/mol. The Morgan fingerprint density at radius 1 is 1.17 bits per heavy atom. The lowest BCUT2D eigenvalue weighted by Gasteiger charge is -2.29. The highest BCUT2D eigenvalue weighted by Gasteiger charge is 2.20. The highest BCUT2D eigenvalue weighted by molar-refractivity contribution is 5.99. The quantitative estimate of drug-likeness (QED) is 0.901. The van der Waals surface area contributed by atoms with Crippen molar-refractivity contribution in [3.05, 3.63) is 42.0 Å². The first-order valence-corrected chi connectivity index (χ1v) is 7.54. The largest absolute Gasteiger partial charge is 0.508 e. The fraction of sp³-hybridized carbons (Fsp3) is 0.294. The Morgan fingerprint density at radius 2 is 1.87 bits per heavy atom. The molecule has 1 aromatic carbocycles. The van der Waals surface area contributed by atoms with Crippen LogP contribution in [0.3, 0.4) is 0 Å². The van der Waals surface area contributed by atoms with E-state index in [9.17, 15) is 9.90 Å². The van der Waals surface area contributed by atoms with Gasteiger partial charge in [0.2, 0.25) is 0 Å². The third-order valence-corrected chi connectivity index (χ3v) is 3.82. The Bertz CT molecular complexity index is 695.